The average molecular weight is 247 g/mol. The predicted octanol–water partition coefficient (Wildman–Crippen LogP) is 2.02. The molecule has 0 aliphatic heterocycles. The highest BCUT2D eigenvalue weighted by atomic mass is 16.2. The molecule has 18 heavy (non-hydrogen) atoms. The summed E-state index contributed by atoms with van der Waals surface area (Å²) in [5.41, 5.74) is 3.58. The topological polar surface area (TPSA) is 70.6 Å². The number of nitrogens with zero attached hydrogens (tertiary/aromatic N) is 1. The molecule has 0 fully saturated rings. The number of hydrogen-bond acceptors (Lipinski definition) is 3. The van der Waals surface area contributed by atoms with Crippen LogP contribution in [-0.2, 0) is 4.79 Å². The van der Waals surface area contributed by atoms with Gasteiger partial charge in [0.15, 0.2) is 0 Å². The molecule has 1 aromatic carbocycles. The first-order chi connectivity index (χ1) is 8.49. The molecule has 96 valence electrons. The van der Waals surface area contributed by atoms with E-state index in [0.717, 1.165) is 0 Å². The second kappa shape index (κ2) is 6.54. The predicted molar refractivity (Wildman–Crippen MR) is 71.5 cm³/mol. The molecular weight excluding hydrogens is 230 g/mol. The molecule has 0 aliphatic rings. The molecule has 1 rings (SSSR count). The van der Waals surface area contributed by atoms with Crippen molar-refractivity contribution in [1.29, 1.82) is 0 Å². The summed E-state index contributed by atoms with van der Waals surface area (Å²) in [6, 6.07) is 6.60. The number of carbonyl (C=O) groups is 2. The molecule has 0 aliphatic carbocycles. The summed E-state index contributed by atoms with van der Waals surface area (Å²) < 4.78 is 0. The molecule has 0 saturated carbocycles. The molecule has 0 atom stereocenters. The first-order valence-corrected chi connectivity index (χ1v) is 5.70. The first kappa shape index (κ1) is 13.9. The average Bonchev–Trinajstić information content (AvgIpc) is 2.28. The van der Waals surface area contributed by atoms with Crippen molar-refractivity contribution in [2.45, 2.75) is 20.8 Å². The monoisotopic (exact) mass is 247 g/mol. The Bertz CT molecular complexity index is 450. The van der Waals surface area contributed by atoms with Crippen LogP contribution in [0.25, 0.3) is 0 Å². The van der Waals surface area contributed by atoms with Crippen molar-refractivity contribution in [2.75, 3.05) is 5.32 Å². The number of amides is 2. The highest BCUT2D eigenvalue weighted by molar-refractivity contribution is 5.95. The van der Waals surface area contributed by atoms with Gasteiger partial charge in [-0.25, -0.2) is 5.43 Å². The summed E-state index contributed by atoms with van der Waals surface area (Å²) in [5, 5.41) is 6.45. The molecule has 2 amide bonds. The van der Waals surface area contributed by atoms with Crippen LogP contribution in [-0.4, -0.2) is 18.0 Å². The van der Waals surface area contributed by atoms with Crippen LogP contribution in [0.15, 0.2) is 29.4 Å². The number of anilines is 1. The maximum atomic E-state index is 11.6. The molecule has 0 heterocycles. The van der Waals surface area contributed by atoms with Crippen molar-refractivity contribution in [3.05, 3.63) is 29.8 Å². The van der Waals surface area contributed by atoms with Crippen LogP contribution in [0, 0.1) is 5.92 Å². The van der Waals surface area contributed by atoms with Crippen molar-refractivity contribution in [3.63, 3.8) is 0 Å². The third kappa shape index (κ3) is 4.78. The van der Waals surface area contributed by atoms with Crippen LogP contribution < -0.4 is 10.7 Å². The lowest BCUT2D eigenvalue weighted by Crippen LogP contribution is -2.18. The smallest absolute Gasteiger partial charge is 0.271 e. The van der Waals surface area contributed by atoms with E-state index in [9.17, 15) is 9.59 Å². The van der Waals surface area contributed by atoms with E-state index in [-0.39, 0.29) is 17.7 Å². The minimum atomic E-state index is -0.277. The second-order valence-corrected chi connectivity index (χ2v) is 4.22. The van der Waals surface area contributed by atoms with E-state index in [1.165, 1.54) is 6.92 Å². The zero-order chi connectivity index (χ0) is 13.5. The Morgan fingerprint density at radius 2 is 1.83 bits per heavy atom. The number of carbonyl (C=O) groups excluding carboxylic acids is 2. The number of rotatable bonds is 4. The minimum Gasteiger partial charge on any atom is -0.326 e. The van der Waals surface area contributed by atoms with E-state index in [2.05, 4.69) is 15.8 Å². The summed E-state index contributed by atoms with van der Waals surface area (Å²) in [5.74, 6) is -0.137. The molecule has 0 aromatic heterocycles. The van der Waals surface area contributed by atoms with E-state index < -0.39 is 0 Å². The minimum absolute atomic E-state index is 0.145. The van der Waals surface area contributed by atoms with Crippen LogP contribution in [0.5, 0.6) is 0 Å². The van der Waals surface area contributed by atoms with E-state index in [0.29, 0.717) is 11.3 Å². The Morgan fingerprint density at radius 1 is 1.22 bits per heavy atom. The van der Waals surface area contributed by atoms with Gasteiger partial charge in [0.1, 0.15) is 0 Å². The van der Waals surface area contributed by atoms with E-state index >= 15 is 0 Å². The number of hydrogen-bond donors (Lipinski definition) is 2. The second-order valence-electron chi connectivity index (χ2n) is 4.22. The van der Waals surface area contributed by atoms with Crippen LogP contribution in [0.2, 0.25) is 0 Å². The quantitative estimate of drug-likeness (QED) is 0.631. The SMILES string of the molecule is CC(=O)Nc1ccc(C(=O)NN=CC(C)C)cc1. The largest absolute Gasteiger partial charge is 0.326 e. The van der Waals surface area contributed by atoms with Crippen LogP contribution in [0.4, 0.5) is 5.69 Å². The summed E-state index contributed by atoms with van der Waals surface area (Å²) >= 11 is 0. The normalized spacial score (nSPS) is 10.7. The molecule has 0 saturated heterocycles. The van der Waals surface area contributed by atoms with Crippen molar-refractivity contribution < 1.29 is 9.59 Å². The maximum Gasteiger partial charge on any atom is 0.271 e. The van der Waals surface area contributed by atoms with Gasteiger partial charge in [0.25, 0.3) is 5.91 Å². The molecule has 0 spiro atoms. The molecule has 5 heteroatoms. The fourth-order valence-electron chi connectivity index (χ4n) is 1.22. The van der Waals surface area contributed by atoms with Gasteiger partial charge in [-0.2, -0.15) is 5.10 Å². The Balaban J connectivity index is 2.61. The Kier molecular flexibility index (Phi) is 5.05. The fraction of sp³-hybridized carbons (Fsp3) is 0.308. The number of hydrazone groups is 1. The Labute approximate surface area is 106 Å². The van der Waals surface area contributed by atoms with Crippen molar-refractivity contribution in [2.24, 2.45) is 11.0 Å². The van der Waals surface area contributed by atoms with Crippen molar-refractivity contribution in [3.8, 4) is 0 Å². The van der Waals surface area contributed by atoms with E-state index in [1.807, 2.05) is 13.8 Å². The van der Waals surface area contributed by atoms with Crippen LogP contribution in [0.3, 0.4) is 0 Å². The van der Waals surface area contributed by atoms with Crippen molar-refractivity contribution >= 4 is 23.7 Å². The summed E-state index contributed by atoms with van der Waals surface area (Å²) in [7, 11) is 0. The summed E-state index contributed by atoms with van der Waals surface area (Å²) in [6.07, 6.45) is 1.66. The lowest BCUT2D eigenvalue weighted by molar-refractivity contribution is -0.114. The Hall–Kier alpha value is -2.17. The third-order valence-electron chi connectivity index (χ3n) is 2.01. The van der Waals surface area contributed by atoms with Gasteiger partial charge in [-0.3, -0.25) is 9.59 Å². The van der Waals surface area contributed by atoms with Gasteiger partial charge in [-0.05, 0) is 30.2 Å². The zero-order valence-electron chi connectivity index (χ0n) is 10.7. The van der Waals surface area contributed by atoms with Gasteiger partial charge in [-0.15, -0.1) is 0 Å². The van der Waals surface area contributed by atoms with E-state index in [4.69, 9.17) is 0 Å². The molecule has 5 nitrogen and oxygen atoms in total. The number of benzene rings is 1. The molecule has 0 radical (unpaired) electrons. The van der Waals surface area contributed by atoms with Gasteiger partial charge in [0.05, 0.1) is 0 Å². The summed E-state index contributed by atoms with van der Waals surface area (Å²) in [4.78, 5) is 22.5. The van der Waals surface area contributed by atoms with Crippen molar-refractivity contribution in [1.82, 2.24) is 5.43 Å². The van der Waals surface area contributed by atoms with Gasteiger partial charge < -0.3 is 5.32 Å². The summed E-state index contributed by atoms with van der Waals surface area (Å²) in [6.45, 7) is 5.37. The van der Waals surface area contributed by atoms with Crippen LogP contribution >= 0.6 is 0 Å². The van der Waals surface area contributed by atoms with Crippen LogP contribution in [0.1, 0.15) is 31.1 Å². The first-order valence-electron chi connectivity index (χ1n) is 5.70. The molecular formula is C13H17N3O2. The van der Waals surface area contributed by atoms with E-state index in [1.54, 1.807) is 30.5 Å². The molecule has 0 bridgehead atoms. The van der Waals surface area contributed by atoms with Gasteiger partial charge in [-0.1, -0.05) is 13.8 Å². The molecule has 0 unspecified atom stereocenters. The van der Waals surface area contributed by atoms with Gasteiger partial charge >= 0.3 is 0 Å². The lowest BCUT2D eigenvalue weighted by atomic mass is 10.2. The third-order valence-corrected chi connectivity index (χ3v) is 2.01. The highest BCUT2D eigenvalue weighted by Gasteiger charge is 2.04. The Morgan fingerprint density at radius 3 is 2.33 bits per heavy atom. The highest BCUT2D eigenvalue weighted by Crippen LogP contribution is 2.09. The fourth-order valence-corrected chi connectivity index (χ4v) is 1.22. The number of nitrogens with one attached hydrogen (secondary N) is 2. The maximum absolute atomic E-state index is 11.6. The molecule has 2 N–H and O–H groups in total. The van der Waals surface area contributed by atoms with Gasteiger partial charge in [0.2, 0.25) is 5.91 Å². The zero-order valence-corrected chi connectivity index (χ0v) is 10.7. The lowest BCUT2D eigenvalue weighted by Gasteiger charge is -2.03. The molecule has 1 aromatic rings. The van der Waals surface area contributed by atoms with Gasteiger partial charge in [0, 0.05) is 24.4 Å². The standard InChI is InChI=1S/C13H17N3O2/c1-9(2)8-14-16-13(18)11-4-6-12(7-5-11)15-10(3)17/h4-9H,1-3H3,(H,15,17)(H,16,18).